The zero-order chi connectivity index (χ0) is 9.68. The molecule has 0 saturated heterocycles. The summed E-state index contributed by atoms with van der Waals surface area (Å²) in [5.41, 5.74) is 0.906. The van der Waals surface area contributed by atoms with Crippen LogP contribution in [0.1, 0.15) is 12.0 Å². The van der Waals surface area contributed by atoms with Crippen molar-refractivity contribution in [2.75, 3.05) is 0 Å². The fourth-order valence-corrected chi connectivity index (χ4v) is 0.968. The standard InChI is InChI=1S/C9H10O4/c10-9(11)6-3-7-1-4-8(13-12)5-2-7/h1-2,4-5,12H,3,6H2,(H,10,11). The van der Waals surface area contributed by atoms with Crippen molar-refractivity contribution >= 4 is 5.97 Å². The van der Waals surface area contributed by atoms with Gasteiger partial charge in [0, 0.05) is 6.42 Å². The molecule has 0 aliphatic heterocycles. The van der Waals surface area contributed by atoms with Gasteiger partial charge in [0.25, 0.3) is 0 Å². The Labute approximate surface area is 75.3 Å². The van der Waals surface area contributed by atoms with Gasteiger partial charge in [-0.05, 0) is 24.1 Å². The van der Waals surface area contributed by atoms with Crippen LogP contribution >= 0.6 is 0 Å². The third kappa shape index (κ3) is 3.13. The monoisotopic (exact) mass is 182 g/mol. The molecule has 1 rings (SSSR count). The Morgan fingerprint density at radius 1 is 1.31 bits per heavy atom. The van der Waals surface area contributed by atoms with E-state index in [1.165, 1.54) is 0 Å². The second kappa shape index (κ2) is 4.47. The third-order valence-corrected chi connectivity index (χ3v) is 1.66. The molecule has 1 aromatic rings. The summed E-state index contributed by atoms with van der Waals surface area (Å²) in [6, 6.07) is 6.59. The van der Waals surface area contributed by atoms with Crippen molar-refractivity contribution in [3.05, 3.63) is 29.8 Å². The Bertz CT molecular complexity index is 278. The summed E-state index contributed by atoms with van der Waals surface area (Å²) in [7, 11) is 0. The zero-order valence-corrected chi connectivity index (χ0v) is 6.93. The van der Waals surface area contributed by atoms with Crippen molar-refractivity contribution in [2.45, 2.75) is 12.8 Å². The fourth-order valence-electron chi connectivity index (χ4n) is 0.968. The third-order valence-electron chi connectivity index (χ3n) is 1.66. The van der Waals surface area contributed by atoms with Crippen molar-refractivity contribution < 1.29 is 20.0 Å². The van der Waals surface area contributed by atoms with E-state index in [2.05, 4.69) is 4.89 Å². The molecule has 13 heavy (non-hydrogen) atoms. The van der Waals surface area contributed by atoms with Crippen LogP contribution in [0.15, 0.2) is 24.3 Å². The van der Waals surface area contributed by atoms with E-state index in [0.29, 0.717) is 12.2 Å². The normalized spacial score (nSPS) is 9.62. The van der Waals surface area contributed by atoms with E-state index in [9.17, 15) is 4.79 Å². The van der Waals surface area contributed by atoms with Gasteiger partial charge in [0.2, 0.25) is 0 Å². The lowest BCUT2D eigenvalue weighted by Crippen LogP contribution is -1.97. The first-order chi connectivity index (χ1) is 6.22. The van der Waals surface area contributed by atoms with E-state index in [0.717, 1.165) is 5.56 Å². The minimum Gasteiger partial charge on any atom is -0.481 e. The van der Waals surface area contributed by atoms with Gasteiger partial charge in [-0.3, -0.25) is 4.79 Å². The van der Waals surface area contributed by atoms with Crippen molar-refractivity contribution in [3.63, 3.8) is 0 Å². The molecule has 0 radical (unpaired) electrons. The highest BCUT2D eigenvalue weighted by Crippen LogP contribution is 2.12. The van der Waals surface area contributed by atoms with Gasteiger partial charge in [-0.15, -0.1) is 0 Å². The Morgan fingerprint density at radius 2 is 1.92 bits per heavy atom. The van der Waals surface area contributed by atoms with Gasteiger partial charge in [-0.2, -0.15) is 0 Å². The van der Waals surface area contributed by atoms with Gasteiger partial charge in [0.05, 0.1) is 0 Å². The quantitative estimate of drug-likeness (QED) is 0.547. The van der Waals surface area contributed by atoms with E-state index >= 15 is 0 Å². The maximum absolute atomic E-state index is 10.2. The van der Waals surface area contributed by atoms with Crippen LogP contribution in [0.4, 0.5) is 0 Å². The van der Waals surface area contributed by atoms with Crippen LogP contribution in [0, 0.1) is 0 Å². The number of carboxylic acid groups (broad SMARTS) is 1. The largest absolute Gasteiger partial charge is 0.481 e. The molecule has 0 atom stereocenters. The molecule has 0 spiro atoms. The van der Waals surface area contributed by atoms with E-state index in [-0.39, 0.29) is 6.42 Å². The summed E-state index contributed by atoms with van der Waals surface area (Å²) in [5.74, 6) is -0.471. The average Bonchev–Trinajstić information content (AvgIpc) is 2.15. The van der Waals surface area contributed by atoms with Crippen molar-refractivity contribution in [2.24, 2.45) is 0 Å². The van der Waals surface area contributed by atoms with Crippen LogP contribution in [-0.2, 0) is 11.2 Å². The number of aryl methyl sites for hydroxylation is 1. The highest BCUT2D eigenvalue weighted by atomic mass is 17.1. The molecular weight excluding hydrogens is 172 g/mol. The number of aliphatic carboxylic acids is 1. The second-order valence-electron chi connectivity index (χ2n) is 2.63. The number of carboxylic acids is 1. The molecule has 0 fully saturated rings. The van der Waals surface area contributed by atoms with Crippen LogP contribution in [-0.4, -0.2) is 16.3 Å². The van der Waals surface area contributed by atoms with Crippen molar-refractivity contribution in [1.29, 1.82) is 0 Å². The van der Waals surface area contributed by atoms with Crippen molar-refractivity contribution in [1.82, 2.24) is 0 Å². The van der Waals surface area contributed by atoms with Crippen LogP contribution in [0.3, 0.4) is 0 Å². The van der Waals surface area contributed by atoms with Gasteiger partial charge in [0.1, 0.15) is 0 Å². The number of hydrogen-bond donors (Lipinski definition) is 2. The second-order valence-corrected chi connectivity index (χ2v) is 2.63. The van der Waals surface area contributed by atoms with Crippen LogP contribution in [0.2, 0.25) is 0 Å². The lowest BCUT2D eigenvalue weighted by Gasteiger charge is -1.99. The van der Waals surface area contributed by atoms with Gasteiger partial charge >= 0.3 is 5.97 Å². The molecule has 70 valence electrons. The van der Waals surface area contributed by atoms with E-state index in [1.54, 1.807) is 24.3 Å². The van der Waals surface area contributed by atoms with E-state index in [4.69, 9.17) is 10.4 Å². The summed E-state index contributed by atoms with van der Waals surface area (Å²) in [6.07, 6.45) is 0.598. The summed E-state index contributed by atoms with van der Waals surface area (Å²) in [5, 5.41) is 16.7. The lowest BCUT2D eigenvalue weighted by molar-refractivity contribution is -0.137. The van der Waals surface area contributed by atoms with E-state index < -0.39 is 5.97 Å². The summed E-state index contributed by atoms with van der Waals surface area (Å²) in [4.78, 5) is 14.2. The maximum Gasteiger partial charge on any atom is 0.303 e. The number of benzene rings is 1. The highest BCUT2D eigenvalue weighted by Gasteiger charge is 1.99. The topological polar surface area (TPSA) is 66.8 Å². The molecule has 4 heteroatoms. The summed E-state index contributed by atoms with van der Waals surface area (Å²) >= 11 is 0. The highest BCUT2D eigenvalue weighted by molar-refractivity contribution is 5.67. The molecule has 0 saturated carbocycles. The number of carbonyl (C=O) groups is 1. The molecule has 0 bridgehead atoms. The van der Waals surface area contributed by atoms with Gasteiger partial charge in [0.15, 0.2) is 5.75 Å². The summed E-state index contributed by atoms with van der Waals surface area (Å²) in [6.45, 7) is 0. The van der Waals surface area contributed by atoms with E-state index in [1.807, 2.05) is 0 Å². The minimum atomic E-state index is -0.817. The van der Waals surface area contributed by atoms with Crippen LogP contribution in [0.5, 0.6) is 5.75 Å². The molecule has 0 unspecified atom stereocenters. The predicted octanol–water partition coefficient (Wildman–Crippen LogP) is 1.56. The molecule has 0 aromatic heterocycles. The maximum atomic E-state index is 10.2. The molecule has 1 aromatic carbocycles. The number of rotatable bonds is 4. The smallest absolute Gasteiger partial charge is 0.303 e. The van der Waals surface area contributed by atoms with Gasteiger partial charge < -0.3 is 9.99 Å². The first-order valence-electron chi connectivity index (χ1n) is 3.84. The molecule has 0 aliphatic carbocycles. The Kier molecular flexibility index (Phi) is 3.28. The first-order valence-corrected chi connectivity index (χ1v) is 3.84. The number of hydrogen-bond acceptors (Lipinski definition) is 3. The fraction of sp³-hybridized carbons (Fsp3) is 0.222. The molecule has 4 nitrogen and oxygen atoms in total. The minimum absolute atomic E-state index is 0.110. The van der Waals surface area contributed by atoms with Gasteiger partial charge in [-0.1, -0.05) is 12.1 Å². The molecular formula is C9H10O4. The predicted molar refractivity (Wildman–Crippen MR) is 45.7 cm³/mol. The average molecular weight is 182 g/mol. The molecule has 0 aliphatic rings. The first kappa shape index (κ1) is 9.54. The van der Waals surface area contributed by atoms with Crippen LogP contribution < -0.4 is 4.89 Å². The van der Waals surface area contributed by atoms with Gasteiger partial charge in [-0.25, -0.2) is 5.26 Å². The Balaban J connectivity index is 2.54. The summed E-state index contributed by atoms with van der Waals surface area (Å²) < 4.78 is 0. The molecule has 0 heterocycles. The van der Waals surface area contributed by atoms with Crippen molar-refractivity contribution in [3.8, 4) is 5.75 Å². The molecule has 2 N–H and O–H groups in total. The van der Waals surface area contributed by atoms with Crippen LogP contribution in [0.25, 0.3) is 0 Å². The Hall–Kier alpha value is -1.55. The SMILES string of the molecule is O=C(O)CCc1ccc(OO)cc1. The lowest BCUT2D eigenvalue weighted by atomic mass is 10.1. The Morgan fingerprint density at radius 3 is 2.38 bits per heavy atom. The zero-order valence-electron chi connectivity index (χ0n) is 6.93. The molecule has 0 amide bonds.